The average molecular weight is 199 g/mol. The summed E-state index contributed by atoms with van der Waals surface area (Å²) in [5.41, 5.74) is 0. The van der Waals surface area contributed by atoms with Crippen molar-refractivity contribution in [2.45, 2.75) is 64.5 Å². The Hall–Kier alpha value is -0.0800. The minimum atomic E-state index is 0.297. The Morgan fingerprint density at radius 3 is 2.43 bits per heavy atom. The third-order valence-corrected chi connectivity index (χ3v) is 3.47. The molecule has 0 spiro atoms. The fraction of sp³-hybridized carbons (Fsp3) is 1.00. The lowest BCUT2D eigenvalue weighted by Crippen LogP contribution is -2.40. The number of aliphatic hydroxyl groups excluding tert-OH is 1. The van der Waals surface area contributed by atoms with Crippen LogP contribution in [0.1, 0.15) is 52.4 Å². The van der Waals surface area contributed by atoms with Gasteiger partial charge in [0.2, 0.25) is 0 Å². The Bertz CT molecular complexity index is 143. The van der Waals surface area contributed by atoms with E-state index in [4.69, 9.17) is 5.11 Å². The van der Waals surface area contributed by atoms with Crippen molar-refractivity contribution in [2.75, 3.05) is 6.61 Å². The van der Waals surface area contributed by atoms with Gasteiger partial charge in [-0.3, -0.25) is 0 Å². The van der Waals surface area contributed by atoms with Gasteiger partial charge in [0.1, 0.15) is 0 Å². The molecule has 2 N–H and O–H groups in total. The summed E-state index contributed by atoms with van der Waals surface area (Å²) in [5, 5.41) is 12.4. The molecule has 1 aliphatic carbocycles. The van der Waals surface area contributed by atoms with E-state index in [1.807, 2.05) is 0 Å². The predicted molar refractivity (Wildman–Crippen MR) is 60.3 cm³/mol. The summed E-state index contributed by atoms with van der Waals surface area (Å²) in [6, 6.07) is 1.08. The summed E-state index contributed by atoms with van der Waals surface area (Å²) >= 11 is 0. The highest BCUT2D eigenvalue weighted by atomic mass is 16.3. The Morgan fingerprint density at radius 2 is 1.86 bits per heavy atom. The van der Waals surface area contributed by atoms with Crippen molar-refractivity contribution in [3.05, 3.63) is 0 Å². The highest BCUT2D eigenvalue weighted by Gasteiger charge is 2.20. The molecule has 0 aromatic heterocycles. The van der Waals surface area contributed by atoms with E-state index < -0.39 is 0 Å². The zero-order valence-corrected chi connectivity index (χ0v) is 9.63. The Labute approximate surface area is 88.1 Å². The lowest BCUT2D eigenvalue weighted by Gasteiger charge is -2.30. The summed E-state index contributed by atoms with van der Waals surface area (Å²) in [5.74, 6) is 0.866. The van der Waals surface area contributed by atoms with E-state index in [0.29, 0.717) is 18.7 Å². The fourth-order valence-corrected chi connectivity index (χ4v) is 2.50. The SMILES string of the molecule is CC(CCO)NC(C)C1CCCCC1. The maximum absolute atomic E-state index is 8.82. The van der Waals surface area contributed by atoms with Gasteiger partial charge >= 0.3 is 0 Å². The van der Waals surface area contributed by atoms with E-state index in [0.717, 1.165) is 12.3 Å². The van der Waals surface area contributed by atoms with E-state index in [2.05, 4.69) is 19.2 Å². The second kappa shape index (κ2) is 6.41. The third-order valence-electron chi connectivity index (χ3n) is 3.47. The predicted octanol–water partition coefficient (Wildman–Crippen LogP) is 2.32. The van der Waals surface area contributed by atoms with Gasteiger partial charge in [-0.2, -0.15) is 0 Å². The Balaban J connectivity index is 2.21. The Kier molecular flexibility index (Phi) is 5.49. The van der Waals surface area contributed by atoms with Gasteiger partial charge in [-0.15, -0.1) is 0 Å². The van der Waals surface area contributed by atoms with Crippen molar-refractivity contribution < 1.29 is 5.11 Å². The molecular weight excluding hydrogens is 174 g/mol. The average Bonchev–Trinajstić information content (AvgIpc) is 2.19. The summed E-state index contributed by atoms with van der Waals surface area (Å²) < 4.78 is 0. The van der Waals surface area contributed by atoms with Gasteiger partial charge in [-0.05, 0) is 39.0 Å². The van der Waals surface area contributed by atoms with Crippen LogP contribution in [-0.4, -0.2) is 23.8 Å². The van der Waals surface area contributed by atoms with Crippen LogP contribution in [0.4, 0.5) is 0 Å². The van der Waals surface area contributed by atoms with Crippen LogP contribution in [0.5, 0.6) is 0 Å². The molecule has 1 fully saturated rings. The molecule has 84 valence electrons. The zero-order chi connectivity index (χ0) is 10.4. The molecule has 0 aliphatic heterocycles. The molecule has 1 rings (SSSR count). The monoisotopic (exact) mass is 199 g/mol. The molecule has 0 aromatic carbocycles. The highest BCUT2D eigenvalue weighted by molar-refractivity contribution is 4.77. The van der Waals surface area contributed by atoms with Crippen molar-refractivity contribution in [2.24, 2.45) is 5.92 Å². The van der Waals surface area contributed by atoms with Crippen LogP contribution in [0.3, 0.4) is 0 Å². The van der Waals surface area contributed by atoms with Crippen LogP contribution in [0.25, 0.3) is 0 Å². The van der Waals surface area contributed by atoms with E-state index in [1.54, 1.807) is 0 Å². The van der Waals surface area contributed by atoms with Crippen LogP contribution in [0.15, 0.2) is 0 Å². The minimum absolute atomic E-state index is 0.297. The molecule has 14 heavy (non-hydrogen) atoms. The summed E-state index contributed by atoms with van der Waals surface area (Å²) in [7, 11) is 0. The van der Waals surface area contributed by atoms with Crippen molar-refractivity contribution in [1.29, 1.82) is 0 Å². The van der Waals surface area contributed by atoms with E-state index >= 15 is 0 Å². The zero-order valence-electron chi connectivity index (χ0n) is 9.63. The summed E-state index contributed by atoms with van der Waals surface area (Å²) in [6.07, 6.45) is 7.89. The molecule has 0 amide bonds. The number of rotatable bonds is 5. The standard InChI is InChI=1S/C12H25NO/c1-10(8-9-14)13-11(2)12-6-4-3-5-7-12/h10-14H,3-9H2,1-2H3. The Morgan fingerprint density at radius 1 is 1.21 bits per heavy atom. The maximum atomic E-state index is 8.82. The molecule has 2 heteroatoms. The second-order valence-electron chi connectivity index (χ2n) is 4.77. The second-order valence-corrected chi connectivity index (χ2v) is 4.77. The quantitative estimate of drug-likeness (QED) is 0.712. The summed E-state index contributed by atoms with van der Waals surface area (Å²) in [6.45, 7) is 4.75. The highest BCUT2D eigenvalue weighted by Crippen LogP contribution is 2.26. The van der Waals surface area contributed by atoms with Gasteiger partial charge < -0.3 is 10.4 Å². The van der Waals surface area contributed by atoms with Crippen molar-refractivity contribution >= 4 is 0 Å². The van der Waals surface area contributed by atoms with E-state index in [9.17, 15) is 0 Å². The maximum Gasteiger partial charge on any atom is 0.0445 e. The van der Waals surface area contributed by atoms with Crippen molar-refractivity contribution in [1.82, 2.24) is 5.32 Å². The molecular formula is C12H25NO. The van der Waals surface area contributed by atoms with Gasteiger partial charge in [-0.1, -0.05) is 19.3 Å². The van der Waals surface area contributed by atoms with Gasteiger partial charge in [0.05, 0.1) is 0 Å². The molecule has 2 atom stereocenters. The van der Waals surface area contributed by atoms with Crippen molar-refractivity contribution in [3.8, 4) is 0 Å². The molecule has 2 unspecified atom stereocenters. The molecule has 1 saturated carbocycles. The smallest absolute Gasteiger partial charge is 0.0445 e. The lowest BCUT2D eigenvalue weighted by atomic mass is 9.84. The van der Waals surface area contributed by atoms with Gasteiger partial charge in [-0.25, -0.2) is 0 Å². The summed E-state index contributed by atoms with van der Waals surface area (Å²) in [4.78, 5) is 0. The molecule has 0 radical (unpaired) electrons. The first-order valence-corrected chi connectivity index (χ1v) is 6.11. The fourth-order valence-electron chi connectivity index (χ4n) is 2.50. The molecule has 2 nitrogen and oxygen atoms in total. The van der Waals surface area contributed by atoms with Crippen LogP contribution < -0.4 is 5.32 Å². The van der Waals surface area contributed by atoms with Crippen molar-refractivity contribution in [3.63, 3.8) is 0 Å². The molecule has 0 bridgehead atoms. The molecule has 0 aromatic rings. The van der Waals surface area contributed by atoms with E-state index in [1.165, 1.54) is 32.1 Å². The van der Waals surface area contributed by atoms with Crippen LogP contribution >= 0.6 is 0 Å². The number of hydrogen-bond donors (Lipinski definition) is 2. The first kappa shape index (κ1) is 12.0. The van der Waals surface area contributed by atoms with Crippen LogP contribution in [-0.2, 0) is 0 Å². The molecule has 0 heterocycles. The number of aliphatic hydroxyl groups is 1. The molecule has 1 aliphatic rings. The van der Waals surface area contributed by atoms with Gasteiger partial charge in [0, 0.05) is 18.7 Å². The lowest BCUT2D eigenvalue weighted by molar-refractivity contribution is 0.234. The van der Waals surface area contributed by atoms with Crippen LogP contribution in [0, 0.1) is 5.92 Å². The first-order chi connectivity index (χ1) is 6.74. The van der Waals surface area contributed by atoms with Gasteiger partial charge in [0.25, 0.3) is 0 Å². The van der Waals surface area contributed by atoms with Gasteiger partial charge in [0.15, 0.2) is 0 Å². The molecule has 0 saturated heterocycles. The largest absolute Gasteiger partial charge is 0.396 e. The minimum Gasteiger partial charge on any atom is -0.396 e. The number of hydrogen-bond acceptors (Lipinski definition) is 2. The number of nitrogens with one attached hydrogen (secondary N) is 1. The normalized spacial score (nSPS) is 23.4. The van der Waals surface area contributed by atoms with Crippen LogP contribution in [0.2, 0.25) is 0 Å². The first-order valence-electron chi connectivity index (χ1n) is 6.11. The third kappa shape index (κ3) is 3.97. The van der Waals surface area contributed by atoms with E-state index in [-0.39, 0.29) is 0 Å². The topological polar surface area (TPSA) is 32.3 Å².